The van der Waals surface area contributed by atoms with Crippen molar-refractivity contribution in [2.75, 3.05) is 39.7 Å². The van der Waals surface area contributed by atoms with Gasteiger partial charge < -0.3 is 25.4 Å². The molecule has 1 amide bonds. The lowest BCUT2D eigenvalue weighted by Crippen LogP contribution is -2.45. The molecule has 0 fully saturated rings. The Balaban J connectivity index is 0.00000576. The van der Waals surface area contributed by atoms with Gasteiger partial charge in [0.25, 0.3) is 0 Å². The topological polar surface area (TPSA) is 84.0 Å². The first-order valence-corrected chi connectivity index (χ1v) is 7.88. The van der Waals surface area contributed by atoms with E-state index in [4.69, 9.17) is 9.47 Å². The van der Waals surface area contributed by atoms with Crippen LogP contribution in [0, 0.1) is 5.41 Å². The number of halogens is 1. The zero-order valence-electron chi connectivity index (χ0n) is 15.7. The summed E-state index contributed by atoms with van der Waals surface area (Å²) in [4.78, 5) is 16.0. The fourth-order valence-corrected chi connectivity index (χ4v) is 2.06. The standard InChI is InChI=1S/C17H28N4O3.HI/c1-7-24-13-9-8-12(10-14(13)23-6)21-16(19-5)20-11-17(2,3)15(22)18-4;/h8-10H,7,11H2,1-6H3,(H,18,22)(H2,19,20,21);1H. The van der Waals surface area contributed by atoms with E-state index in [9.17, 15) is 4.79 Å². The second-order valence-electron chi connectivity index (χ2n) is 5.81. The number of anilines is 1. The van der Waals surface area contributed by atoms with E-state index in [2.05, 4.69) is 20.9 Å². The molecule has 7 nitrogen and oxygen atoms in total. The summed E-state index contributed by atoms with van der Waals surface area (Å²) in [6, 6.07) is 5.55. The fraction of sp³-hybridized carbons (Fsp3) is 0.529. The molecule has 0 unspecified atom stereocenters. The number of nitrogens with zero attached hydrogens (tertiary/aromatic N) is 1. The molecule has 0 radical (unpaired) electrons. The van der Waals surface area contributed by atoms with Gasteiger partial charge in [-0.25, -0.2) is 0 Å². The molecule has 1 aromatic carbocycles. The van der Waals surface area contributed by atoms with Gasteiger partial charge in [0.05, 0.1) is 19.1 Å². The summed E-state index contributed by atoms with van der Waals surface area (Å²) in [5, 5.41) is 8.99. The van der Waals surface area contributed by atoms with E-state index in [0.717, 1.165) is 5.69 Å². The van der Waals surface area contributed by atoms with E-state index in [1.807, 2.05) is 39.0 Å². The van der Waals surface area contributed by atoms with Crippen LogP contribution in [0.5, 0.6) is 11.5 Å². The molecule has 0 bridgehead atoms. The largest absolute Gasteiger partial charge is 0.493 e. The molecule has 0 aliphatic heterocycles. The maximum absolute atomic E-state index is 11.8. The molecule has 0 saturated carbocycles. The van der Waals surface area contributed by atoms with Gasteiger partial charge in [0, 0.05) is 32.4 Å². The Labute approximate surface area is 167 Å². The Bertz CT molecular complexity index is 591. The minimum atomic E-state index is -0.553. The van der Waals surface area contributed by atoms with E-state index in [0.29, 0.717) is 30.6 Å². The number of amides is 1. The van der Waals surface area contributed by atoms with E-state index in [1.54, 1.807) is 21.2 Å². The zero-order valence-corrected chi connectivity index (χ0v) is 18.1. The van der Waals surface area contributed by atoms with Gasteiger partial charge in [0.2, 0.25) is 5.91 Å². The van der Waals surface area contributed by atoms with E-state index in [1.165, 1.54) is 0 Å². The molecule has 142 valence electrons. The summed E-state index contributed by atoms with van der Waals surface area (Å²) < 4.78 is 10.8. The molecule has 0 heterocycles. The van der Waals surface area contributed by atoms with Crippen LogP contribution in [0.1, 0.15) is 20.8 Å². The zero-order chi connectivity index (χ0) is 18.2. The fourth-order valence-electron chi connectivity index (χ4n) is 2.06. The highest BCUT2D eigenvalue weighted by Crippen LogP contribution is 2.30. The number of rotatable bonds is 7. The molecular formula is C17H29IN4O3. The summed E-state index contributed by atoms with van der Waals surface area (Å²) in [6.45, 7) is 6.67. The summed E-state index contributed by atoms with van der Waals surface area (Å²) in [7, 11) is 4.90. The number of carbonyl (C=O) groups is 1. The molecule has 0 atom stereocenters. The SMILES string of the molecule is CCOc1ccc(NC(=NC)NCC(C)(C)C(=O)NC)cc1OC.I. The highest BCUT2D eigenvalue weighted by Gasteiger charge is 2.26. The second kappa shape index (κ2) is 11.0. The lowest BCUT2D eigenvalue weighted by molar-refractivity contribution is -0.128. The highest BCUT2D eigenvalue weighted by molar-refractivity contribution is 14.0. The molecule has 0 aliphatic carbocycles. The molecule has 3 N–H and O–H groups in total. The predicted octanol–water partition coefficient (Wildman–Crippen LogP) is 2.47. The number of carbonyl (C=O) groups excluding carboxylic acids is 1. The smallest absolute Gasteiger partial charge is 0.227 e. The van der Waals surface area contributed by atoms with Gasteiger partial charge in [-0.3, -0.25) is 9.79 Å². The van der Waals surface area contributed by atoms with Crippen molar-refractivity contribution in [2.45, 2.75) is 20.8 Å². The van der Waals surface area contributed by atoms with Crippen LogP contribution in [0.4, 0.5) is 5.69 Å². The third-order valence-electron chi connectivity index (χ3n) is 3.49. The van der Waals surface area contributed by atoms with Gasteiger partial charge in [-0.05, 0) is 32.9 Å². The molecule has 1 rings (SSSR count). The van der Waals surface area contributed by atoms with Crippen molar-refractivity contribution in [2.24, 2.45) is 10.4 Å². The van der Waals surface area contributed by atoms with Crippen LogP contribution in [-0.4, -0.2) is 46.2 Å². The summed E-state index contributed by atoms with van der Waals surface area (Å²) in [5.41, 5.74) is 0.254. The molecule has 0 spiro atoms. The van der Waals surface area contributed by atoms with Crippen molar-refractivity contribution in [3.63, 3.8) is 0 Å². The Morgan fingerprint density at radius 1 is 1.28 bits per heavy atom. The van der Waals surface area contributed by atoms with Crippen LogP contribution in [-0.2, 0) is 4.79 Å². The average Bonchev–Trinajstić information content (AvgIpc) is 2.58. The van der Waals surface area contributed by atoms with Gasteiger partial charge in [-0.2, -0.15) is 0 Å². The van der Waals surface area contributed by atoms with Crippen molar-refractivity contribution >= 4 is 41.5 Å². The lowest BCUT2D eigenvalue weighted by atomic mass is 9.92. The van der Waals surface area contributed by atoms with Gasteiger partial charge in [0.1, 0.15) is 0 Å². The normalized spacial score (nSPS) is 11.2. The molecule has 8 heteroatoms. The molecule has 1 aromatic rings. The summed E-state index contributed by atoms with van der Waals surface area (Å²) in [6.07, 6.45) is 0. The third-order valence-corrected chi connectivity index (χ3v) is 3.49. The number of aliphatic imine (C=N–C) groups is 1. The number of hydrogen-bond acceptors (Lipinski definition) is 4. The Morgan fingerprint density at radius 3 is 2.48 bits per heavy atom. The summed E-state index contributed by atoms with van der Waals surface area (Å²) >= 11 is 0. The number of hydrogen-bond donors (Lipinski definition) is 3. The first-order chi connectivity index (χ1) is 11.4. The van der Waals surface area contributed by atoms with E-state index < -0.39 is 5.41 Å². The summed E-state index contributed by atoms with van der Waals surface area (Å²) in [5.74, 6) is 1.86. The number of benzene rings is 1. The van der Waals surface area contributed by atoms with Gasteiger partial charge in [-0.15, -0.1) is 24.0 Å². The number of nitrogens with one attached hydrogen (secondary N) is 3. The Hall–Kier alpha value is -1.71. The van der Waals surface area contributed by atoms with Crippen LogP contribution in [0.15, 0.2) is 23.2 Å². The molecular weight excluding hydrogens is 435 g/mol. The Morgan fingerprint density at radius 2 is 1.96 bits per heavy atom. The molecule has 0 aliphatic rings. The molecule has 0 saturated heterocycles. The van der Waals surface area contributed by atoms with Crippen molar-refractivity contribution in [1.29, 1.82) is 0 Å². The van der Waals surface area contributed by atoms with Crippen molar-refractivity contribution in [3.8, 4) is 11.5 Å². The van der Waals surface area contributed by atoms with Crippen LogP contribution in [0.3, 0.4) is 0 Å². The number of guanidine groups is 1. The minimum Gasteiger partial charge on any atom is -0.493 e. The quantitative estimate of drug-likeness (QED) is 0.328. The number of ether oxygens (including phenoxy) is 2. The van der Waals surface area contributed by atoms with Crippen molar-refractivity contribution in [3.05, 3.63) is 18.2 Å². The van der Waals surface area contributed by atoms with Gasteiger partial charge in [-0.1, -0.05) is 0 Å². The molecule has 0 aromatic heterocycles. The highest BCUT2D eigenvalue weighted by atomic mass is 127. The average molecular weight is 464 g/mol. The van der Waals surface area contributed by atoms with Gasteiger partial charge >= 0.3 is 0 Å². The second-order valence-corrected chi connectivity index (χ2v) is 5.81. The monoisotopic (exact) mass is 464 g/mol. The lowest BCUT2D eigenvalue weighted by Gasteiger charge is -2.24. The predicted molar refractivity (Wildman–Crippen MR) is 112 cm³/mol. The maximum Gasteiger partial charge on any atom is 0.227 e. The molecule has 25 heavy (non-hydrogen) atoms. The van der Waals surface area contributed by atoms with E-state index >= 15 is 0 Å². The Kier molecular flexibility index (Phi) is 10.3. The van der Waals surface area contributed by atoms with Crippen LogP contribution < -0.4 is 25.4 Å². The maximum atomic E-state index is 11.8. The van der Waals surface area contributed by atoms with E-state index in [-0.39, 0.29) is 29.9 Å². The minimum absolute atomic E-state index is 0. The first kappa shape index (κ1) is 23.3. The van der Waals surface area contributed by atoms with Crippen LogP contribution >= 0.6 is 24.0 Å². The third kappa shape index (κ3) is 6.97. The van der Waals surface area contributed by atoms with Crippen molar-refractivity contribution < 1.29 is 14.3 Å². The van der Waals surface area contributed by atoms with Crippen LogP contribution in [0.2, 0.25) is 0 Å². The van der Waals surface area contributed by atoms with Crippen LogP contribution in [0.25, 0.3) is 0 Å². The number of methoxy groups -OCH3 is 1. The van der Waals surface area contributed by atoms with Gasteiger partial charge in [0.15, 0.2) is 17.5 Å². The first-order valence-electron chi connectivity index (χ1n) is 7.88. The van der Waals surface area contributed by atoms with Crippen molar-refractivity contribution in [1.82, 2.24) is 10.6 Å².